The number of piperidine rings is 1. The second kappa shape index (κ2) is 10.4. The quantitative estimate of drug-likeness (QED) is 0.546. The Balaban J connectivity index is 1.33. The lowest BCUT2D eigenvalue weighted by molar-refractivity contribution is -0.127. The van der Waals surface area contributed by atoms with Crippen LogP contribution in [-0.2, 0) is 24.2 Å². The van der Waals surface area contributed by atoms with Gasteiger partial charge in [-0.2, -0.15) is 0 Å². The standard InChI is InChI=1S/C26H32Cl2N2O/c1-2-25(21-11-10-18-6-3-4-7-20(18)16-21)29-26(31)19-12-14-30(15-13-19)17-22-23(27)8-5-9-24(22)28/h5,8-11,16,19,25H,2-4,6-7,12-15,17H2,1H3,(H,29,31)/t25-/m1/s1. The number of benzene rings is 2. The van der Waals surface area contributed by atoms with Gasteiger partial charge in [-0.25, -0.2) is 0 Å². The Morgan fingerprint density at radius 1 is 1.06 bits per heavy atom. The van der Waals surface area contributed by atoms with Gasteiger partial charge in [-0.15, -0.1) is 0 Å². The van der Waals surface area contributed by atoms with E-state index in [1.54, 1.807) is 0 Å². The Labute approximate surface area is 196 Å². The molecule has 1 saturated heterocycles. The number of rotatable bonds is 6. The predicted molar refractivity (Wildman–Crippen MR) is 129 cm³/mol. The van der Waals surface area contributed by atoms with Crippen molar-refractivity contribution in [3.8, 4) is 0 Å². The van der Waals surface area contributed by atoms with E-state index in [0.717, 1.165) is 44.5 Å². The fraction of sp³-hybridized carbons (Fsp3) is 0.500. The van der Waals surface area contributed by atoms with Crippen LogP contribution in [0.4, 0.5) is 0 Å². The first-order valence-electron chi connectivity index (χ1n) is 11.6. The first-order valence-corrected chi connectivity index (χ1v) is 12.4. The van der Waals surface area contributed by atoms with Crippen LogP contribution in [0.15, 0.2) is 36.4 Å². The molecule has 2 aromatic carbocycles. The van der Waals surface area contributed by atoms with Gasteiger partial charge in [-0.05, 0) is 86.9 Å². The van der Waals surface area contributed by atoms with Gasteiger partial charge in [-0.1, -0.05) is 54.4 Å². The second-order valence-corrected chi connectivity index (χ2v) is 9.77. The van der Waals surface area contributed by atoms with Crippen LogP contribution in [0.5, 0.6) is 0 Å². The van der Waals surface area contributed by atoms with E-state index in [1.807, 2.05) is 18.2 Å². The highest BCUT2D eigenvalue weighted by molar-refractivity contribution is 6.35. The Bertz CT molecular complexity index is 901. The fourth-order valence-corrected chi connectivity index (χ4v) is 5.46. The summed E-state index contributed by atoms with van der Waals surface area (Å²) in [5, 5.41) is 4.77. The largest absolute Gasteiger partial charge is 0.349 e. The van der Waals surface area contributed by atoms with Gasteiger partial charge in [0.25, 0.3) is 0 Å². The van der Waals surface area contributed by atoms with E-state index < -0.39 is 0 Å². The predicted octanol–water partition coefficient (Wildman–Crippen LogP) is 6.35. The molecule has 1 N–H and O–H groups in total. The molecule has 4 rings (SSSR count). The van der Waals surface area contributed by atoms with Crippen molar-refractivity contribution < 1.29 is 4.79 Å². The van der Waals surface area contributed by atoms with E-state index in [9.17, 15) is 4.79 Å². The summed E-state index contributed by atoms with van der Waals surface area (Å²) in [7, 11) is 0. The van der Waals surface area contributed by atoms with E-state index in [-0.39, 0.29) is 17.9 Å². The number of carbonyl (C=O) groups excluding carboxylic acids is 1. The number of amides is 1. The lowest BCUT2D eigenvalue weighted by Gasteiger charge is -2.32. The molecule has 5 heteroatoms. The summed E-state index contributed by atoms with van der Waals surface area (Å²) in [5.41, 5.74) is 5.19. The van der Waals surface area contributed by atoms with Crippen LogP contribution in [0.3, 0.4) is 0 Å². The highest BCUT2D eigenvalue weighted by Gasteiger charge is 2.27. The number of likely N-dealkylation sites (tertiary alicyclic amines) is 1. The molecule has 2 aromatic rings. The van der Waals surface area contributed by atoms with Gasteiger partial charge in [0.15, 0.2) is 0 Å². The molecule has 1 aliphatic heterocycles. The van der Waals surface area contributed by atoms with Crippen molar-refractivity contribution in [2.24, 2.45) is 5.92 Å². The average Bonchev–Trinajstić information content (AvgIpc) is 2.80. The van der Waals surface area contributed by atoms with Crippen molar-refractivity contribution in [1.29, 1.82) is 0 Å². The van der Waals surface area contributed by atoms with Crippen LogP contribution >= 0.6 is 23.2 Å². The second-order valence-electron chi connectivity index (χ2n) is 8.96. The zero-order valence-corrected chi connectivity index (χ0v) is 19.8. The van der Waals surface area contributed by atoms with Crippen molar-refractivity contribution >= 4 is 29.1 Å². The molecular weight excluding hydrogens is 427 g/mol. The van der Waals surface area contributed by atoms with Crippen LogP contribution in [-0.4, -0.2) is 23.9 Å². The summed E-state index contributed by atoms with van der Waals surface area (Å²) < 4.78 is 0. The minimum atomic E-state index is 0.0737. The molecule has 1 heterocycles. The van der Waals surface area contributed by atoms with Gasteiger partial charge < -0.3 is 5.32 Å². The SMILES string of the molecule is CC[C@@H](NC(=O)C1CCN(Cc2c(Cl)cccc2Cl)CC1)c1ccc2c(c1)CCCC2. The smallest absolute Gasteiger partial charge is 0.223 e. The van der Waals surface area contributed by atoms with Crippen LogP contribution in [0, 0.1) is 5.92 Å². The van der Waals surface area contributed by atoms with Gasteiger partial charge in [0.2, 0.25) is 5.91 Å². The molecule has 0 radical (unpaired) electrons. The molecule has 0 aromatic heterocycles. The highest BCUT2D eigenvalue weighted by atomic mass is 35.5. The van der Waals surface area contributed by atoms with Gasteiger partial charge >= 0.3 is 0 Å². The van der Waals surface area contributed by atoms with Crippen LogP contribution in [0.1, 0.15) is 67.3 Å². The third-order valence-corrected chi connectivity index (χ3v) is 7.61. The molecule has 166 valence electrons. The molecule has 2 aliphatic rings. The minimum absolute atomic E-state index is 0.0737. The monoisotopic (exact) mass is 458 g/mol. The maximum atomic E-state index is 13.0. The zero-order chi connectivity index (χ0) is 21.8. The minimum Gasteiger partial charge on any atom is -0.349 e. The third kappa shape index (κ3) is 5.45. The Morgan fingerprint density at radius 2 is 1.74 bits per heavy atom. The maximum absolute atomic E-state index is 13.0. The third-order valence-electron chi connectivity index (χ3n) is 6.90. The normalized spacial score (nSPS) is 18.4. The summed E-state index contributed by atoms with van der Waals surface area (Å²) in [6.07, 6.45) is 7.58. The number of nitrogens with one attached hydrogen (secondary N) is 1. The Hall–Kier alpha value is -1.55. The summed E-state index contributed by atoms with van der Waals surface area (Å²) in [6, 6.07) is 12.6. The molecule has 1 amide bonds. The first kappa shape index (κ1) is 22.6. The van der Waals surface area contributed by atoms with E-state index in [1.165, 1.54) is 42.4 Å². The molecule has 3 nitrogen and oxygen atoms in total. The van der Waals surface area contributed by atoms with E-state index in [0.29, 0.717) is 10.0 Å². The lowest BCUT2D eigenvalue weighted by Crippen LogP contribution is -2.41. The van der Waals surface area contributed by atoms with Gasteiger partial charge in [-0.3, -0.25) is 9.69 Å². The Kier molecular flexibility index (Phi) is 7.58. The number of nitrogens with zero attached hydrogens (tertiary/aromatic N) is 1. The molecule has 0 unspecified atom stereocenters. The summed E-state index contributed by atoms with van der Waals surface area (Å²) in [6.45, 7) is 4.66. The average molecular weight is 459 g/mol. The highest BCUT2D eigenvalue weighted by Crippen LogP contribution is 2.29. The number of hydrogen-bond acceptors (Lipinski definition) is 2. The number of carbonyl (C=O) groups is 1. The number of hydrogen-bond donors (Lipinski definition) is 1. The lowest BCUT2D eigenvalue weighted by atomic mass is 9.88. The van der Waals surface area contributed by atoms with Crippen molar-refractivity contribution in [2.75, 3.05) is 13.1 Å². The van der Waals surface area contributed by atoms with Gasteiger partial charge in [0.05, 0.1) is 6.04 Å². The maximum Gasteiger partial charge on any atom is 0.223 e. The molecule has 1 fully saturated rings. The van der Waals surface area contributed by atoms with Crippen LogP contribution in [0.25, 0.3) is 0 Å². The summed E-state index contributed by atoms with van der Waals surface area (Å²) in [5.74, 6) is 0.268. The van der Waals surface area contributed by atoms with E-state index in [4.69, 9.17) is 23.2 Å². The molecule has 0 saturated carbocycles. The number of halogens is 2. The zero-order valence-electron chi connectivity index (χ0n) is 18.3. The van der Waals surface area contributed by atoms with Crippen molar-refractivity contribution in [2.45, 2.75) is 64.5 Å². The molecule has 1 atom stereocenters. The van der Waals surface area contributed by atoms with Crippen molar-refractivity contribution in [3.63, 3.8) is 0 Å². The molecule has 0 bridgehead atoms. The van der Waals surface area contributed by atoms with Gasteiger partial charge in [0, 0.05) is 28.1 Å². The van der Waals surface area contributed by atoms with E-state index in [2.05, 4.69) is 35.3 Å². The van der Waals surface area contributed by atoms with Crippen LogP contribution < -0.4 is 5.32 Å². The first-order chi connectivity index (χ1) is 15.0. The summed E-state index contributed by atoms with van der Waals surface area (Å²) in [4.78, 5) is 15.4. The number of fused-ring (bicyclic) bond motifs is 1. The fourth-order valence-electron chi connectivity index (χ4n) is 4.94. The van der Waals surface area contributed by atoms with Crippen molar-refractivity contribution in [3.05, 3.63) is 68.7 Å². The van der Waals surface area contributed by atoms with E-state index >= 15 is 0 Å². The topological polar surface area (TPSA) is 32.3 Å². The van der Waals surface area contributed by atoms with Crippen LogP contribution in [0.2, 0.25) is 10.0 Å². The summed E-state index contributed by atoms with van der Waals surface area (Å²) >= 11 is 12.7. The Morgan fingerprint density at radius 3 is 2.42 bits per heavy atom. The molecule has 31 heavy (non-hydrogen) atoms. The van der Waals surface area contributed by atoms with Crippen molar-refractivity contribution in [1.82, 2.24) is 10.2 Å². The molecular formula is C26H32Cl2N2O. The molecule has 1 aliphatic carbocycles. The number of aryl methyl sites for hydroxylation is 2. The molecule has 0 spiro atoms. The van der Waals surface area contributed by atoms with Gasteiger partial charge in [0.1, 0.15) is 0 Å².